The van der Waals surface area contributed by atoms with Crippen LogP contribution < -0.4 is 5.32 Å². The first-order valence-electron chi connectivity index (χ1n) is 7.35. The first-order chi connectivity index (χ1) is 11.1. The second-order valence-corrected chi connectivity index (χ2v) is 7.38. The van der Waals surface area contributed by atoms with Crippen molar-refractivity contribution in [1.82, 2.24) is 9.97 Å². The molecule has 2 aromatic heterocycles. The van der Waals surface area contributed by atoms with E-state index in [0.717, 1.165) is 23.1 Å². The molecule has 0 fully saturated rings. The summed E-state index contributed by atoms with van der Waals surface area (Å²) in [5.74, 6) is 0.735. The van der Waals surface area contributed by atoms with E-state index >= 15 is 0 Å². The number of hydrogen-bond acceptors (Lipinski definition) is 5. The lowest BCUT2D eigenvalue weighted by Crippen LogP contribution is -2.01. The molecule has 118 valence electrons. The summed E-state index contributed by atoms with van der Waals surface area (Å²) in [4.78, 5) is 11.0. The lowest BCUT2D eigenvalue weighted by atomic mass is 9.97. The molecule has 0 unspecified atom stereocenters. The number of nitrogens with one attached hydrogen (secondary N) is 1. The number of rotatable bonds is 2. The molecule has 3 aromatic rings. The highest BCUT2D eigenvalue weighted by Gasteiger charge is 2.21. The second-order valence-electron chi connectivity index (χ2n) is 5.52. The molecule has 0 bridgehead atoms. The Hall–Kier alpha value is -1.56. The molecule has 2 N–H and O–H groups in total. The predicted octanol–water partition coefficient (Wildman–Crippen LogP) is 5.33. The summed E-state index contributed by atoms with van der Waals surface area (Å²) in [6, 6.07) is 4.85. The minimum absolute atomic E-state index is 0.112. The van der Waals surface area contributed by atoms with Gasteiger partial charge in [0.05, 0.1) is 11.1 Å². The van der Waals surface area contributed by atoms with Crippen LogP contribution in [0.4, 0.5) is 11.5 Å². The number of anilines is 2. The molecule has 0 radical (unpaired) electrons. The molecule has 2 heterocycles. The van der Waals surface area contributed by atoms with Crippen molar-refractivity contribution >= 4 is 56.3 Å². The van der Waals surface area contributed by atoms with Gasteiger partial charge in [-0.25, -0.2) is 4.98 Å². The Labute approximate surface area is 147 Å². The highest BCUT2D eigenvalue weighted by Crippen LogP contribution is 2.40. The summed E-state index contributed by atoms with van der Waals surface area (Å²) in [6.45, 7) is 0. The quantitative estimate of drug-likeness (QED) is 0.476. The third-order valence-electron chi connectivity index (χ3n) is 4.00. The maximum atomic E-state index is 10.0. The molecule has 4 rings (SSSR count). The van der Waals surface area contributed by atoms with Crippen molar-refractivity contribution in [3.05, 3.63) is 38.9 Å². The Bertz CT molecular complexity index is 910. The van der Waals surface area contributed by atoms with Gasteiger partial charge in [-0.1, -0.05) is 11.6 Å². The van der Waals surface area contributed by atoms with E-state index in [1.807, 2.05) is 0 Å². The number of fused-ring (bicyclic) bond motifs is 3. The first kappa shape index (κ1) is 15.0. The van der Waals surface area contributed by atoms with E-state index < -0.39 is 0 Å². The van der Waals surface area contributed by atoms with Crippen LogP contribution >= 0.6 is 34.5 Å². The maximum Gasteiger partial charge on any atom is 0.225 e. The SMILES string of the molecule is Oc1ccc(Cl)cc1Nc1nc(Cl)nc2sc3c(c12)CCCC3. The largest absolute Gasteiger partial charge is 0.506 e. The molecule has 0 atom stereocenters. The molecule has 7 heteroatoms. The summed E-state index contributed by atoms with van der Waals surface area (Å²) in [5, 5.41) is 14.9. The zero-order valence-corrected chi connectivity index (χ0v) is 14.4. The Morgan fingerprint density at radius 2 is 1.96 bits per heavy atom. The summed E-state index contributed by atoms with van der Waals surface area (Å²) in [7, 11) is 0. The number of nitrogens with zero attached hydrogens (tertiary/aromatic N) is 2. The normalized spacial score (nSPS) is 14.0. The van der Waals surface area contributed by atoms with Crippen molar-refractivity contribution in [3.8, 4) is 5.75 Å². The van der Waals surface area contributed by atoms with Crippen LogP contribution in [-0.4, -0.2) is 15.1 Å². The minimum atomic E-state index is 0.112. The van der Waals surface area contributed by atoms with Crippen molar-refractivity contribution in [2.75, 3.05) is 5.32 Å². The molecule has 1 aromatic carbocycles. The maximum absolute atomic E-state index is 10.0. The fourth-order valence-corrected chi connectivity index (χ4v) is 4.61. The topological polar surface area (TPSA) is 58.0 Å². The third-order valence-corrected chi connectivity index (χ3v) is 5.59. The molecule has 0 aliphatic heterocycles. The van der Waals surface area contributed by atoms with Crippen LogP contribution in [0.5, 0.6) is 5.75 Å². The second kappa shape index (κ2) is 5.82. The molecule has 1 aliphatic rings. The smallest absolute Gasteiger partial charge is 0.225 e. The van der Waals surface area contributed by atoms with Gasteiger partial charge in [-0.05, 0) is 61.0 Å². The zero-order valence-electron chi connectivity index (χ0n) is 12.1. The van der Waals surface area contributed by atoms with E-state index in [9.17, 15) is 5.11 Å². The minimum Gasteiger partial charge on any atom is -0.506 e. The van der Waals surface area contributed by atoms with Crippen LogP contribution in [-0.2, 0) is 12.8 Å². The number of halogens is 2. The molecular weight excluding hydrogens is 353 g/mol. The summed E-state index contributed by atoms with van der Waals surface area (Å²) in [5.41, 5.74) is 1.81. The van der Waals surface area contributed by atoms with Gasteiger partial charge < -0.3 is 10.4 Å². The molecular formula is C16H13Cl2N3OS. The Kier molecular flexibility index (Phi) is 3.79. The Morgan fingerprint density at radius 1 is 1.13 bits per heavy atom. The third kappa shape index (κ3) is 2.73. The fraction of sp³-hybridized carbons (Fsp3) is 0.250. The number of benzene rings is 1. The number of hydrogen-bond donors (Lipinski definition) is 2. The molecule has 0 saturated carbocycles. The molecule has 4 nitrogen and oxygen atoms in total. The number of thiophene rings is 1. The monoisotopic (exact) mass is 365 g/mol. The van der Waals surface area contributed by atoms with E-state index in [1.54, 1.807) is 29.5 Å². The average Bonchev–Trinajstić information content (AvgIpc) is 2.89. The van der Waals surface area contributed by atoms with Gasteiger partial charge >= 0.3 is 0 Å². The van der Waals surface area contributed by atoms with E-state index in [-0.39, 0.29) is 11.0 Å². The standard InChI is InChI=1S/C16H13Cl2N3OS/c17-8-5-6-11(22)10(7-8)19-14-13-9-3-1-2-4-12(9)23-15(13)21-16(18)20-14/h5-7,22H,1-4H2,(H,19,20,21). The van der Waals surface area contributed by atoms with Crippen LogP contribution in [0.3, 0.4) is 0 Å². The van der Waals surface area contributed by atoms with Crippen molar-refractivity contribution < 1.29 is 5.11 Å². The van der Waals surface area contributed by atoms with Gasteiger partial charge in [-0.3, -0.25) is 0 Å². The van der Waals surface area contributed by atoms with Gasteiger partial charge in [-0.2, -0.15) is 4.98 Å². The average molecular weight is 366 g/mol. The van der Waals surface area contributed by atoms with E-state index in [2.05, 4.69) is 15.3 Å². The van der Waals surface area contributed by atoms with Crippen LogP contribution in [0.2, 0.25) is 10.3 Å². The Balaban J connectivity index is 1.88. The molecule has 23 heavy (non-hydrogen) atoms. The number of aryl methyl sites for hydroxylation is 2. The fourth-order valence-electron chi connectivity index (χ4n) is 2.96. The van der Waals surface area contributed by atoms with Gasteiger partial charge in [-0.15, -0.1) is 11.3 Å². The lowest BCUT2D eigenvalue weighted by Gasteiger charge is -2.13. The zero-order chi connectivity index (χ0) is 16.0. The molecule has 0 saturated heterocycles. The van der Waals surface area contributed by atoms with Crippen molar-refractivity contribution in [2.24, 2.45) is 0 Å². The Morgan fingerprint density at radius 3 is 2.83 bits per heavy atom. The molecule has 1 aliphatic carbocycles. The van der Waals surface area contributed by atoms with Gasteiger partial charge in [0.1, 0.15) is 16.4 Å². The van der Waals surface area contributed by atoms with Crippen molar-refractivity contribution in [3.63, 3.8) is 0 Å². The number of aromatic hydroxyl groups is 1. The van der Waals surface area contributed by atoms with Gasteiger partial charge in [0.25, 0.3) is 0 Å². The van der Waals surface area contributed by atoms with E-state index in [0.29, 0.717) is 16.5 Å². The van der Waals surface area contributed by atoms with Crippen LogP contribution in [0.1, 0.15) is 23.3 Å². The summed E-state index contributed by atoms with van der Waals surface area (Å²) in [6.07, 6.45) is 4.48. The number of phenols is 1. The molecule has 0 amide bonds. The highest BCUT2D eigenvalue weighted by molar-refractivity contribution is 7.19. The van der Waals surface area contributed by atoms with Crippen LogP contribution in [0, 0.1) is 0 Å². The first-order valence-corrected chi connectivity index (χ1v) is 8.92. The lowest BCUT2D eigenvalue weighted by molar-refractivity contribution is 0.478. The van der Waals surface area contributed by atoms with Crippen molar-refractivity contribution in [1.29, 1.82) is 0 Å². The van der Waals surface area contributed by atoms with E-state index in [1.165, 1.54) is 23.3 Å². The van der Waals surface area contributed by atoms with Gasteiger partial charge in [0.2, 0.25) is 5.28 Å². The number of aromatic nitrogens is 2. The summed E-state index contributed by atoms with van der Waals surface area (Å²) >= 11 is 13.8. The highest BCUT2D eigenvalue weighted by atomic mass is 35.5. The van der Waals surface area contributed by atoms with E-state index in [4.69, 9.17) is 23.2 Å². The van der Waals surface area contributed by atoms with Gasteiger partial charge in [0.15, 0.2) is 0 Å². The van der Waals surface area contributed by atoms with Crippen LogP contribution in [0.25, 0.3) is 10.2 Å². The number of phenolic OH excluding ortho intramolecular Hbond substituents is 1. The van der Waals surface area contributed by atoms with Crippen LogP contribution in [0.15, 0.2) is 18.2 Å². The summed E-state index contributed by atoms with van der Waals surface area (Å²) < 4.78 is 0. The molecule has 0 spiro atoms. The predicted molar refractivity (Wildman–Crippen MR) is 95.5 cm³/mol. The van der Waals surface area contributed by atoms with Gasteiger partial charge in [0, 0.05) is 9.90 Å². The van der Waals surface area contributed by atoms with Crippen molar-refractivity contribution in [2.45, 2.75) is 25.7 Å².